The van der Waals surface area contributed by atoms with Crippen molar-refractivity contribution >= 4 is 27.7 Å². The normalized spacial score (nSPS) is 12.4. The summed E-state index contributed by atoms with van der Waals surface area (Å²) in [7, 11) is 1.77. The molecule has 0 saturated heterocycles. The summed E-state index contributed by atoms with van der Waals surface area (Å²) in [5, 5.41) is 12.4. The summed E-state index contributed by atoms with van der Waals surface area (Å²) in [6.45, 7) is 3.27. The van der Waals surface area contributed by atoms with E-state index in [9.17, 15) is 9.90 Å². The van der Waals surface area contributed by atoms with Gasteiger partial charge in [0.05, 0.1) is 19.3 Å². The fourth-order valence-electron chi connectivity index (χ4n) is 1.61. The molecule has 1 aromatic rings. The van der Waals surface area contributed by atoms with Crippen LogP contribution in [0.5, 0.6) is 0 Å². The zero-order chi connectivity index (χ0) is 15.0. The van der Waals surface area contributed by atoms with E-state index >= 15 is 0 Å². The molecule has 0 aromatic carbocycles. The summed E-state index contributed by atoms with van der Waals surface area (Å²) >= 11 is 3.28. The number of nitrogens with zero attached hydrogens (tertiary/aromatic N) is 2. The predicted octanol–water partition coefficient (Wildman–Crippen LogP) is 1.11. The maximum Gasteiger partial charge on any atom is 0.239 e. The molecule has 0 bridgehead atoms. The predicted molar refractivity (Wildman–Crippen MR) is 80.6 cm³/mol. The van der Waals surface area contributed by atoms with Gasteiger partial charge in [-0.3, -0.25) is 9.69 Å². The molecular weight excluding hydrogens is 326 g/mol. The van der Waals surface area contributed by atoms with E-state index in [1.165, 1.54) is 0 Å². The zero-order valence-electron chi connectivity index (χ0n) is 11.7. The van der Waals surface area contributed by atoms with Crippen LogP contribution in [0.15, 0.2) is 22.8 Å². The highest BCUT2D eigenvalue weighted by molar-refractivity contribution is 9.10. The minimum Gasteiger partial charge on any atom is -0.389 e. The van der Waals surface area contributed by atoms with Gasteiger partial charge >= 0.3 is 0 Å². The molecule has 0 aliphatic rings. The molecule has 112 valence electrons. The van der Waals surface area contributed by atoms with Gasteiger partial charge in [0, 0.05) is 23.8 Å². The van der Waals surface area contributed by atoms with Crippen LogP contribution in [0.25, 0.3) is 0 Å². The number of halogens is 1. The second kappa shape index (κ2) is 9.02. The van der Waals surface area contributed by atoms with Crippen LogP contribution in [0.2, 0.25) is 0 Å². The molecule has 0 fully saturated rings. The van der Waals surface area contributed by atoms with Crippen molar-refractivity contribution in [2.24, 2.45) is 0 Å². The Morgan fingerprint density at radius 2 is 2.35 bits per heavy atom. The van der Waals surface area contributed by atoms with Gasteiger partial charge in [-0.1, -0.05) is 0 Å². The van der Waals surface area contributed by atoms with Crippen molar-refractivity contribution in [1.29, 1.82) is 0 Å². The molecule has 0 aliphatic heterocycles. The standard InChI is InChI=1S/C13H20BrN3O3/c1-3-20-9-11(18)7-17(2)8-13(19)16-12-5-4-10(14)6-15-12/h4-6,11,18H,3,7-9H2,1-2H3,(H,15,16,19). The minimum absolute atomic E-state index is 0.175. The average Bonchev–Trinajstić information content (AvgIpc) is 2.38. The van der Waals surface area contributed by atoms with Gasteiger partial charge in [0.1, 0.15) is 5.82 Å². The first-order chi connectivity index (χ1) is 9.51. The van der Waals surface area contributed by atoms with Gasteiger partial charge in [-0.25, -0.2) is 4.98 Å². The van der Waals surface area contributed by atoms with Crippen molar-refractivity contribution in [1.82, 2.24) is 9.88 Å². The van der Waals surface area contributed by atoms with E-state index in [0.29, 0.717) is 19.0 Å². The first-order valence-electron chi connectivity index (χ1n) is 6.37. The summed E-state index contributed by atoms with van der Waals surface area (Å²) in [5.74, 6) is 0.326. The summed E-state index contributed by atoms with van der Waals surface area (Å²) in [5.41, 5.74) is 0. The summed E-state index contributed by atoms with van der Waals surface area (Å²) in [4.78, 5) is 17.6. The second-order valence-electron chi connectivity index (χ2n) is 4.42. The van der Waals surface area contributed by atoms with Crippen LogP contribution >= 0.6 is 15.9 Å². The summed E-state index contributed by atoms with van der Waals surface area (Å²) in [6, 6.07) is 3.52. The van der Waals surface area contributed by atoms with Crippen LogP contribution in [0.4, 0.5) is 5.82 Å². The maximum atomic E-state index is 11.8. The molecule has 0 radical (unpaired) electrons. The van der Waals surface area contributed by atoms with Gasteiger partial charge in [-0.15, -0.1) is 0 Å². The van der Waals surface area contributed by atoms with E-state index < -0.39 is 6.10 Å². The van der Waals surface area contributed by atoms with Crippen LogP contribution in [0.1, 0.15) is 6.92 Å². The van der Waals surface area contributed by atoms with E-state index in [2.05, 4.69) is 26.2 Å². The number of carbonyl (C=O) groups is 1. The van der Waals surface area contributed by atoms with Crippen LogP contribution in [-0.2, 0) is 9.53 Å². The lowest BCUT2D eigenvalue weighted by molar-refractivity contribution is -0.117. The van der Waals surface area contributed by atoms with E-state index in [0.717, 1.165) is 4.47 Å². The number of aliphatic hydroxyl groups is 1. The number of aromatic nitrogens is 1. The fraction of sp³-hybridized carbons (Fsp3) is 0.538. The zero-order valence-corrected chi connectivity index (χ0v) is 13.3. The van der Waals surface area contributed by atoms with Crippen molar-refractivity contribution in [2.75, 3.05) is 38.7 Å². The van der Waals surface area contributed by atoms with E-state index in [4.69, 9.17) is 4.74 Å². The average molecular weight is 346 g/mol. The number of amides is 1. The Labute approximate surface area is 127 Å². The third kappa shape index (κ3) is 6.95. The van der Waals surface area contributed by atoms with Crippen molar-refractivity contribution in [2.45, 2.75) is 13.0 Å². The molecule has 1 aromatic heterocycles. The Morgan fingerprint density at radius 1 is 1.60 bits per heavy atom. The molecule has 0 spiro atoms. The molecule has 7 heteroatoms. The monoisotopic (exact) mass is 345 g/mol. The molecule has 1 amide bonds. The lowest BCUT2D eigenvalue weighted by Gasteiger charge is -2.19. The molecule has 1 heterocycles. The third-order valence-electron chi connectivity index (χ3n) is 2.45. The first kappa shape index (κ1) is 17.0. The highest BCUT2D eigenvalue weighted by Gasteiger charge is 2.12. The van der Waals surface area contributed by atoms with Crippen LogP contribution in [-0.4, -0.2) is 60.4 Å². The first-order valence-corrected chi connectivity index (χ1v) is 7.16. The van der Waals surface area contributed by atoms with Crippen molar-refractivity contribution in [3.8, 4) is 0 Å². The number of carbonyl (C=O) groups excluding carboxylic acids is 1. The lowest BCUT2D eigenvalue weighted by Crippen LogP contribution is -2.37. The Morgan fingerprint density at radius 3 is 2.95 bits per heavy atom. The Kier molecular flexibility index (Phi) is 7.68. The topological polar surface area (TPSA) is 74.7 Å². The summed E-state index contributed by atoms with van der Waals surface area (Å²) in [6.07, 6.45) is 1.02. The number of anilines is 1. The Balaban J connectivity index is 2.32. The number of ether oxygens (including phenoxy) is 1. The number of hydrogen-bond acceptors (Lipinski definition) is 5. The van der Waals surface area contributed by atoms with Gasteiger partial charge in [0.15, 0.2) is 0 Å². The third-order valence-corrected chi connectivity index (χ3v) is 2.91. The van der Waals surface area contributed by atoms with Crippen LogP contribution < -0.4 is 5.32 Å². The van der Waals surface area contributed by atoms with E-state index in [-0.39, 0.29) is 19.1 Å². The minimum atomic E-state index is -0.599. The van der Waals surface area contributed by atoms with Gasteiger partial charge < -0.3 is 15.2 Å². The highest BCUT2D eigenvalue weighted by Crippen LogP contribution is 2.10. The Hall–Kier alpha value is -1.02. The number of rotatable bonds is 8. The molecule has 1 rings (SSSR count). The maximum absolute atomic E-state index is 11.8. The summed E-state index contributed by atoms with van der Waals surface area (Å²) < 4.78 is 5.97. The van der Waals surface area contributed by atoms with E-state index in [1.807, 2.05) is 6.92 Å². The van der Waals surface area contributed by atoms with Gasteiger partial charge in [0.2, 0.25) is 5.91 Å². The quantitative estimate of drug-likeness (QED) is 0.738. The SMILES string of the molecule is CCOCC(O)CN(C)CC(=O)Nc1ccc(Br)cn1. The molecule has 1 atom stereocenters. The Bertz CT molecular complexity index is 414. The molecule has 0 saturated carbocycles. The smallest absolute Gasteiger partial charge is 0.239 e. The number of hydrogen-bond donors (Lipinski definition) is 2. The number of nitrogens with one attached hydrogen (secondary N) is 1. The van der Waals surface area contributed by atoms with Crippen LogP contribution in [0, 0.1) is 0 Å². The second-order valence-corrected chi connectivity index (χ2v) is 5.34. The number of aliphatic hydroxyl groups excluding tert-OH is 1. The van der Waals surface area contributed by atoms with Crippen molar-refractivity contribution in [3.05, 3.63) is 22.8 Å². The molecule has 6 nitrogen and oxygen atoms in total. The molecule has 0 aliphatic carbocycles. The lowest BCUT2D eigenvalue weighted by atomic mass is 10.3. The number of pyridine rings is 1. The van der Waals surface area contributed by atoms with Gasteiger partial charge in [0.25, 0.3) is 0 Å². The number of likely N-dealkylation sites (N-methyl/N-ethyl adjacent to an activating group) is 1. The molecule has 20 heavy (non-hydrogen) atoms. The fourth-order valence-corrected chi connectivity index (χ4v) is 1.84. The largest absolute Gasteiger partial charge is 0.389 e. The molecule has 2 N–H and O–H groups in total. The van der Waals surface area contributed by atoms with Crippen molar-refractivity contribution < 1.29 is 14.6 Å². The van der Waals surface area contributed by atoms with Crippen molar-refractivity contribution in [3.63, 3.8) is 0 Å². The van der Waals surface area contributed by atoms with Crippen LogP contribution in [0.3, 0.4) is 0 Å². The highest BCUT2D eigenvalue weighted by atomic mass is 79.9. The molecule has 1 unspecified atom stereocenters. The molecular formula is C13H20BrN3O3. The van der Waals surface area contributed by atoms with Gasteiger partial charge in [-0.2, -0.15) is 0 Å². The van der Waals surface area contributed by atoms with Gasteiger partial charge in [-0.05, 0) is 42.0 Å². The van der Waals surface area contributed by atoms with E-state index in [1.54, 1.807) is 30.3 Å².